The topological polar surface area (TPSA) is 0 Å². The van der Waals surface area contributed by atoms with Crippen molar-refractivity contribution in [1.82, 2.24) is 0 Å². The largest absolute Gasteiger partial charge is 0.235 e. The number of hydrogen-bond donors (Lipinski definition) is 0. The third kappa shape index (κ3) is 0.445. The SMILES string of the molecule is CC1=C[C](F)C1. The average molecular weight is 85.1 g/mol. The molecule has 0 saturated carbocycles. The van der Waals surface area contributed by atoms with Crippen LogP contribution in [0.15, 0.2) is 11.6 Å². The summed E-state index contributed by atoms with van der Waals surface area (Å²) >= 11 is 0. The van der Waals surface area contributed by atoms with Gasteiger partial charge >= 0.3 is 0 Å². The second-order valence-electron chi connectivity index (χ2n) is 1.61. The summed E-state index contributed by atoms with van der Waals surface area (Å²) in [4.78, 5) is 0. The molecule has 0 aromatic heterocycles. The molecule has 1 aliphatic carbocycles. The fraction of sp³-hybridized carbons (Fsp3) is 0.400. The molecule has 0 nitrogen and oxygen atoms in total. The summed E-state index contributed by atoms with van der Waals surface area (Å²) in [7, 11) is 0. The first-order chi connectivity index (χ1) is 2.79. The molecule has 33 valence electrons. The molecule has 0 aromatic rings. The Morgan fingerprint density at radius 2 is 2.33 bits per heavy atom. The maximum absolute atomic E-state index is 11.6. The highest BCUT2D eigenvalue weighted by Gasteiger charge is 2.13. The predicted molar refractivity (Wildman–Crippen MR) is 22.7 cm³/mol. The summed E-state index contributed by atoms with van der Waals surface area (Å²) in [5, 5.41) is 0. The van der Waals surface area contributed by atoms with Gasteiger partial charge in [0.2, 0.25) is 0 Å². The number of allylic oxidation sites excluding steroid dienone is 2. The molecule has 0 bridgehead atoms. The van der Waals surface area contributed by atoms with E-state index in [2.05, 4.69) is 0 Å². The Labute approximate surface area is 36.7 Å². The Morgan fingerprint density at radius 1 is 1.83 bits per heavy atom. The van der Waals surface area contributed by atoms with Crippen LogP contribution >= 0.6 is 0 Å². The first-order valence-corrected chi connectivity index (χ1v) is 1.97. The lowest BCUT2D eigenvalue weighted by atomic mass is 9.99. The van der Waals surface area contributed by atoms with Crippen molar-refractivity contribution in [2.75, 3.05) is 0 Å². The molecular weight excluding hydrogens is 79.1 g/mol. The molecule has 0 atom stereocenters. The van der Waals surface area contributed by atoms with Gasteiger partial charge in [0, 0.05) is 6.42 Å². The maximum Gasteiger partial charge on any atom is 0.170 e. The van der Waals surface area contributed by atoms with Gasteiger partial charge in [-0.25, -0.2) is 4.39 Å². The fourth-order valence-corrected chi connectivity index (χ4v) is 0.505. The van der Waals surface area contributed by atoms with E-state index < -0.39 is 0 Å². The molecule has 0 unspecified atom stereocenters. The summed E-state index contributed by atoms with van der Waals surface area (Å²) in [6.45, 7) is 1.92. The zero-order valence-electron chi connectivity index (χ0n) is 3.66. The second-order valence-corrected chi connectivity index (χ2v) is 1.61. The van der Waals surface area contributed by atoms with E-state index in [1.807, 2.05) is 6.92 Å². The first-order valence-electron chi connectivity index (χ1n) is 1.97. The molecule has 0 saturated heterocycles. The highest BCUT2D eigenvalue weighted by Crippen LogP contribution is 2.27. The van der Waals surface area contributed by atoms with Crippen LogP contribution in [0.1, 0.15) is 13.3 Å². The highest BCUT2D eigenvalue weighted by molar-refractivity contribution is 5.25. The highest BCUT2D eigenvalue weighted by atomic mass is 19.1. The van der Waals surface area contributed by atoms with Crippen LogP contribution in [0.3, 0.4) is 0 Å². The van der Waals surface area contributed by atoms with E-state index in [9.17, 15) is 4.39 Å². The zero-order chi connectivity index (χ0) is 4.57. The smallest absolute Gasteiger partial charge is 0.170 e. The first kappa shape index (κ1) is 3.85. The van der Waals surface area contributed by atoms with E-state index in [1.54, 1.807) is 6.08 Å². The van der Waals surface area contributed by atoms with Gasteiger partial charge in [0.25, 0.3) is 0 Å². The van der Waals surface area contributed by atoms with Gasteiger partial charge in [0.15, 0.2) is 6.17 Å². The van der Waals surface area contributed by atoms with Crippen LogP contribution in [0.2, 0.25) is 0 Å². The predicted octanol–water partition coefficient (Wildman–Crippen LogP) is 1.84. The summed E-state index contributed by atoms with van der Waals surface area (Å²) < 4.78 is 11.6. The number of halogens is 1. The van der Waals surface area contributed by atoms with Crippen molar-refractivity contribution in [2.45, 2.75) is 13.3 Å². The van der Waals surface area contributed by atoms with Crippen LogP contribution in [-0.4, -0.2) is 0 Å². The van der Waals surface area contributed by atoms with Crippen molar-refractivity contribution in [1.29, 1.82) is 0 Å². The van der Waals surface area contributed by atoms with Crippen molar-refractivity contribution in [2.24, 2.45) is 0 Å². The molecule has 0 amide bonds. The van der Waals surface area contributed by atoms with Crippen molar-refractivity contribution in [3.8, 4) is 0 Å². The van der Waals surface area contributed by atoms with E-state index in [1.165, 1.54) is 0 Å². The summed E-state index contributed by atoms with van der Waals surface area (Å²) in [6, 6.07) is 0. The Morgan fingerprint density at radius 3 is 2.33 bits per heavy atom. The molecule has 0 spiro atoms. The van der Waals surface area contributed by atoms with Gasteiger partial charge < -0.3 is 0 Å². The van der Waals surface area contributed by atoms with Crippen LogP contribution in [0.5, 0.6) is 0 Å². The molecule has 0 aromatic carbocycles. The van der Waals surface area contributed by atoms with E-state index in [4.69, 9.17) is 0 Å². The minimum absolute atomic E-state index is 0.0208. The van der Waals surface area contributed by atoms with E-state index >= 15 is 0 Å². The Balaban J connectivity index is 2.46. The van der Waals surface area contributed by atoms with Gasteiger partial charge in [0.1, 0.15) is 0 Å². The Hall–Kier alpha value is -0.330. The Kier molecular flexibility index (Phi) is 0.685. The van der Waals surface area contributed by atoms with Gasteiger partial charge in [-0.05, 0) is 13.0 Å². The summed E-state index contributed by atoms with van der Waals surface area (Å²) in [6.07, 6.45) is 2.16. The Bertz CT molecular complexity index is 83.9. The van der Waals surface area contributed by atoms with Gasteiger partial charge in [-0.3, -0.25) is 0 Å². The van der Waals surface area contributed by atoms with Crippen LogP contribution < -0.4 is 0 Å². The third-order valence-corrected chi connectivity index (χ3v) is 0.851. The molecule has 0 heterocycles. The lowest BCUT2D eigenvalue weighted by Gasteiger charge is -2.11. The standard InChI is InChI=1S/C5H6F/c1-4-2-5(6)3-4/h2H,3H2,1H3. The van der Waals surface area contributed by atoms with Crippen molar-refractivity contribution >= 4 is 0 Å². The molecule has 0 fully saturated rings. The average Bonchev–Trinajstić information content (AvgIpc) is 1.33. The molecule has 1 rings (SSSR count). The second kappa shape index (κ2) is 1.07. The quantitative estimate of drug-likeness (QED) is 0.421. The lowest BCUT2D eigenvalue weighted by Crippen LogP contribution is -1.97. The number of rotatable bonds is 0. The van der Waals surface area contributed by atoms with E-state index in [-0.39, 0.29) is 6.17 Å². The molecular formula is C5H6F. The monoisotopic (exact) mass is 85.0 g/mol. The maximum atomic E-state index is 11.6. The van der Waals surface area contributed by atoms with Crippen LogP contribution in [0.4, 0.5) is 4.39 Å². The van der Waals surface area contributed by atoms with E-state index in [0.29, 0.717) is 6.42 Å². The third-order valence-electron chi connectivity index (χ3n) is 0.851. The van der Waals surface area contributed by atoms with Crippen molar-refractivity contribution in [3.63, 3.8) is 0 Å². The van der Waals surface area contributed by atoms with E-state index in [0.717, 1.165) is 5.57 Å². The van der Waals surface area contributed by atoms with Crippen molar-refractivity contribution in [3.05, 3.63) is 17.8 Å². The van der Waals surface area contributed by atoms with Crippen LogP contribution in [0, 0.1) is 6.17 Å². The zero-order valence-corrected chi connectivity index (χ0v) is 3.66. The molecule has 0 aliphatic heterocycles. The minimum atomic E-state index is 0.0208. The summed E-state index contributed by atoms with van der Waals surface area (Å²) in [5.41, 5.74) is 1.15. The van der Waals surface area contributed by atoms with Crippen molar-refractivity contribution < 1.29 is 4.39 Å². The van der Waals surface area contributed by atoms with Crippen LogP contribution in [0.25, 0.3) is 0 Å². The minimum Gasteiger partial charge on any atom is -0.235 e. The lowest BCUT2D eigenvalue weighted by molar-refractivity contribution is 0.496. The summed E-state index contributed by atoms with van der Waals surface area (Å²) in [5.74, 6) is 0. The fourth-order valence-electron chi connectivity index (χ4n) is 0.505. The van der Waals surface area contributed by atoms with Gasteiger partial charge in [-0.15, -0.1) is 0 Å². The molecule has 1 aliphatic rings. The van der Waals surface area contributed by atoms with Gasteiger partial charge in [-0.1, -0.05) is 5.57 Å². The van der Waals surface area contributed by atoms with Crippen LogP contribution in [-0.2, 0) is 0 Å². The molecule has 1 heteroatoms. The van der Waals surface area contributed by atoms with Gasteiger partial charge in [-0.2, -0.15) is 0 Å². The van der Waals surface area contributed by atoms with Gasteiger partial charge in [0.05, 0.1) is 0 Å². The number of hydrogen-bond acceptors (Lipinski definition) is 0. The molecule has 0 N–H and O–H groups in total. The molecule has 1 radical (unpaired) electrons. The normalized spacial score (nSPS) is 22.7. The molecule has 6 heavy (non-hydrogen) atoms.